The molecule has 6 nitrogen and oxygen atoms in total. The summed E-state index contributed by atoms with van der Waals surface area (Å²) in [5, 5.41) is 4.34. The van der Waals surface area contributed by atoms with Gasteiger partial charge in [-0.25, -0.2) is 4.98 Å². The third kappa shape index (κ3) is 8.27. The van der Waals surface area contributed by atoms with Crippen molar-refractivity contribution in [3.8, 4) is 95.5 Å². The molecule has 1 aliphatic rings. The Hall–Kier alpha value is -9.87. The molecule has 0 aliphatic heterocycles. The van der Waals surface area contributed by atoms with E-state index in [1.807, 2.05) is 36.5 Å². The maximum absolute atomic E-state index is 6.77. The number of rotatable bonds is 7. The van der Waals surface area contributed by atoms with Crippen LogP contribution in [0.2, 0.25) is 0 Å². The summed E-state index contributed by atoms with van der Waals surface area (Å²) in [6.45, 7) is 6.68. The molecule has 15 aromatic rings. The number of ether oxygens (including phenoxy) is 1. The van der Waals surface area contributed by atoms with Crippen LogP contribution in [0.25, 0.3) is 139 Å². The van der Waals surface area contributed by atoms with Crippen LogP contribution in [0, 0.1) is 18.5 Å². The minimum atomic E-state index is -0.0510. The number of furan rings is 1. The Morgan fingerprint density at radius 3 is 1.73 bits per heavy atom. The number of aromatic nitrogens is 4. The van der Waals surface area contributed by atoms with Gasteiger partial charge in [0, 0.05) is 55.1 Å². The zero-order chi connectivity index (χ0) is 54.6. The Morgan fingerprint density at radius 1 is 0.446 bits per heavy atom. The van der Waals surface area contributed by atoms with Gasteiger partial charge in [0.1, 0.15) is 17.0 Å². The normalized spacial score (nSPS) is 11.9. The molecule has 0 radical (unpaired) electrons. The molecule has 83 heavy (non-hydrogen) atoms. The van der Waals surface area contributed by atoms with Crippen molar-refractivity contribution in [2.75, 3.05) is 0 Å². The van der Waals surface area contributed by atoms with Gasteiger partial charge in [0.2, 0.25) is 0 Å². The predicted octanol–water partition coefficient (Wildman–Crippen LogP) is 19.1. The molecule has 4 aromatic heterocycles. The summed E-state index contributed by atoms with van der Waals surface area (Å²) >= 11 is 0. The zero-order valence-electron chi connectivity index (χ0n) is 45.6. The monoisotopic (exact) mass is 1250 g/mol. The fourth-order valence-electron chi connectivity index (χ4n) is 12.5. The van der Waals surface area contributed by atoms with Crippen molar-refractivity contribution in [3.05, 3.63) is 273 Å². The number of imidazole rings is 1. The summed E-state index contributed by atoms with van der Waals surface area (Å²) in [5.41, 5.74) is 22.4. The SMILES string of the molecule is CC(C)(C)c1ccnc(-n2c3[c-]c(Oc4[c-]c(-n5[c-][n+](-c6c(-c7ccc8c(c7)-c7ccccc7-c7ccccc7-c7ccccc7-8)cccc6-c6ccc7oc8ccccc8c7c6)c6ccccc65)ccc4)ccc3c3ccccc32)c1.[Pt]. The van der Waals surface area contributed by atoms with E-state index in [2.05, 4.69) is 265 Å². The number of benzene rings is 11. The van der Waals surface area contributed by atoms with Gasteiger partial charge in [-0.1, -0.05) is 196 Å². The number of para-hydroxylation sites is 5. The maximum Gasteiger partial charge on any atom is 0.268 e. The average Bonchev–Trinajstić information content (AvgIpc) is 3.83. The molecule has 0 fully saturated rings. The van der Waals surface area contributed by atoms with Crippen LogP contribution in [0.15, 0.2) is 253 Å². The van der Waals surface area contributed by atoms with E-state index in [1.165, 1.54) is 50.1 Å². The number of fused-ring (bicyclic) bond motifs is 15. The summed E-state index contributed by atoms with van der Waals surface area (Å²) in [5.74, 6) is 1.96. The number of nitrogens with zero attached hydrogens (tertiary/aromatic N) is 4. The van der Waals surface area contributed by atoms with Gasteiger partial charge in [-0.15, -0.1) is 29.7 Å². The van der Waals surface area contributed by atoms with Crippen LogP contribution in [0.1, 0.15) is 26.3 Å². The van der Waals surface area contributed by atoms with Crippen LogP contribution in [-0.4, -0.2) is 14.1 Å². The molecule has 0 N–H and O–H groups in total. The van der Waals surface area contributed by atoms with E-state index in [9.17, 15) is 0 Å². The largest absolute Gasteiger partial charge is 0.510 e. The molecule has 0 spiro atoms. The average molecular weight is 1250 g/mol. The molecule has 0 saturated carbocycles. The van der Waals surface area contributed by atoms with Crippen molar-refractivity contribution in [3.63, 3.8) is 0 Å². The first-order valence-corrected chi connectivity index (χ1v) is 27.8. The molecular formula is C76H50N4O2Pt-2. The minimum absolute atomic E-state index is 0. The number of hydrogen-bond donors (Lipinski definition) is 0. The molecule has 398 valence electrons. The van der Waals surface area contributed by atoms with E-state index < -0.39 is 0 Å². The second-order valence-corrected chi connectivity index (χ2v) is 22.3. The third-order valence-corrected chi connectivity index (χ3v) is 16.4. The van der Waals surface area contributed by atoms with E-state index >= 15 is 0 Å². The van der Waals surface area contributed by atoms with Gasteiger partial charge in [0.25, 0.3) is 6.33 Å². The van der Waals surface area contributed by atoms with Crippen LogP contribution in [0.5, 0.6) is 11.5 Å². The second kappa shape index (κ2) is 19.7. The Bertz CT molecular complexity index is 5090. The van der Waals surface area contributed by atoms with Crippen LogP contribution in [0.4, 0.5) is 0 Å². The minimum Gasteiger partial charge on any atom is -0.510 e. The molecule has 1 aliphatic carbocycles. The van der Waals surface area contributed by atoms with Gasteiger partial charge >= 0.3 is 0 Å². The van der Waals surface area contributed by atoms with Gasteiger partial charge in [-0.2, -0.15) is 18.2 Å². The van der Waals surface area contributed by atoms with Crippen LogP contribution >= 0.6 is 0 Å². The van der Waals surface area contributed by atoms with Crippen molar-refractivity contribution in [2.24, 2.45) is 0 Å². The predicted molar refractivity (Wildman–Crippen MR) is 332 cm³/mol. The van der Waals surface area contributed by atoms with E-state index in [0.29, 0.717) is 11.5 Å². The Labute approximate surface area is 495 Å². The second-order valence-electron chi connectivity index (χ2n) is 22.3. The van der Waals surface area contributed by atoms with E-state index in [4.69, 9.17) is 14.1 Å². The fourth-order valence-corrected chi connectivity index (χ4v) is 12.5. The first-order valence-electron chi connectivity index (χ1n) is 27.8. The first-order chi connectivity index (χ1) is 40.3. The molecule has 0 bridgehead atoms. The summed E-state index contributed by atoms with van der Waals surface area (Å²) in [7, 11) is 0. The maximum atomic E-state index is 6.77. The quantitative estimate of drug-likeness (QED) is 0.118. The molecule has 7 heteroatoms. The summed E-state index contributed by atoms with van der Waals surface area (Å²) in [6.07, 6.45) is 5.81. The molecule has 0 atom stereocenters. The first kappa shape index (κ1) is 50.1. The Morgan fingerprint density at radius 2 is 1.01 bits per heavy atom. The van der Waals surface area contributed by atoms with E-state index in [0.717, 1.165) is 94.2 Å². The smallest absolute Gasteiger partial charge is 0.268 e. The van der Waals surface area contributed by atoms with E-state index in [-0.39, 0.29) is 26.5 Å². The summed E-state index contributed by atoms with van der Waals surface area (Å²) in [6, 6.07) is 93.7. The van der Waals surface area contributed by atoms with Gasteiger partial charge in [0.15, 0.2) is 0 Å². The number of pyridine rings is 1. The van der Waals surface area contributed by atoms with Gasteiger partial charge in [-0.05, 0) is 131 Å². The van der Waals surface area contributed by atoms with Crippen molar-refractivity contribution in [1.29, 1.82) is 0 Å². The molecule has 11 aromatic carbocycles. The van der Waals surface area contributed by atoms with Crippen LogP contribution in [-0.2, 0) is 26.5 Å². The fraction of sp³-hybridized carbons (Fsp3) is 0.0526. The molecular weight excluding hydrogens is 1200 g/mol. The third-order valence-electron chi connectivity index (χ3n) is 16.4. The van der Waals surface area contributed by atoms with Crippen molar-refractivity contribution in [2.45, 2.75) is 26.2 Å². The number of hydrogen-bond acceptors (Lipinski definition) is 3. The van der Waals surface area contributed by atoms with E-state index in [1.54, 1.807) is 0 Å². The Balaban J connectivity index is 0.00000588. The van der Waals surface area contributed by atoms with Crippen molar-refractivity contribution in [1.82, 2.24) is 14.1 Å². The molecule has 16 rings (SSSR count). The van der Waals surface area contributed by atoms with Crippen molar-refractivity contribution >= 4 is 54.8 Å². The van der Waals surface area contributed by atoms with Gasteiger partial charge in [0.05, 0.1) is 16.7 Å². The van der Waals surface area contributed by atoms with Crippen molar-refractivity contribution < 1.29 is 34.8 Å². The topological polar surface area (TPSA) is 49.0 Å². The van der Waals surface area contributed by atoms with Crippen LogP contribution in [0.3, 0.4) is 0 Å². The van der Waals surface area contributed by atoms with Crippen LogP contribution < -0.4 is 9.30 Å². The molecule has 0 saturated heterocycles. The van der Waals surface area contributed by atoms with Gasteiger partial charge < -0.3 is 18.3 Å². The zero-order valence-corrected chi connectivity index (χ0v) is 47.9. The Kier molecular flexibility index (Phi) is 11.9. The molecule has 0 amide bonds. The summed E-state index contributed by atoms with van der Waals surface area (Å²) in [4.78, 5) is 4.90. The molecule has 4 heterocycles. The van der Waals surface area contributed by atoms with Gasteiger partial charge in [-0.3, -0.25) is 4.57 Å². The standard InChI is InChI=1S/C76H50N4O2.Pt/c1-76(2,3)50-40-41-77-74(44-50)80-68-30-12-10-26-63(68)64-38-36-53(46-71(64)80)81-52-19-16-18-51(45-52)78-47-79(70-32-14-13-31-69(70)78)75-54(28-17-29-55(75)49-35-39-73-67(43-49)65-27-11-15-33-72(65)82-73)48-34-37-62-60-24-7-6-22-58(60)56-20-4-5-21-57(56)59-23-8-9-25-61(59)66(62)42-48;/h4-44H,1-3H3;/q-2;. The molecule has 0 unspecified atom stereocenters. The summed E-state index contributed by atoms with van der Waals surface area (Å²) < 4.78 is 19.7.